The summed E-state index contributed by atoms with van der Waals surface area (Å²) in [4.78, 5) is 14.5. The van der Waals surface area contributed by atoms with Gasteiger partial charge < -0.3 is 20.3 Å². The topological polar surface area (TPSA) is 79.4 Å². The first-order chi connectivity index (χ1) is 11.7. The van der Waals surface area contributed by atoms with Crippen LogP contribution in [0, 0.1) is 0 Å². The molecule has 132 valence electrons. The van der Waals surface area contributed by atoms with Crippen molar-refractivity contribution in [3.8, 4) is 0 Å². The molecule has 7 heteroatoms. The molecule has 1 aromatic heterocycles. The van der Waals surface area contributed by atoms with Gasteiger partial charge in [-0.2, -0.15) is 5.10 Å². The van der Waals surface area contributed by atoms with Gasteiger partial charge in [-0.25, -0.2) is 0 Å². The molecule has 0 aromatic carbocycles. The zero-order valence-electron chi connectivity index (χ0n) is 14.3. The van der Waals surface area contributed by atoms with Crippen LogP contribution < -0.4 is 15.5 Å². The van der Waals surface area contributed by atoms with E-state index in [0.717, 1.165) is 51.2 Å². The number of nitrogens with one attached hydrogen (secondary N) is 2. The highest BCUT2D eigenvalue weighted by molar-refractivity contribution is 5.81. The lowest BCUT2D eigenvalue weighted by molar-refractivity contribution is -0.123. The van der Waals surface area contributed by atoms with Gasteiger partial charge >= 0.3 is 0 Å². The number of rotatable bonds is 7. The van der Waals surface area contributed by atoms with E-state index in [1.807, 2.05) is 19.1 Å². The molecule has 2 fully saturated rings. The molecule has 24 heavy (non-hydrogen) atoms. The number of hydrogen-bond donors (Lipinski definition) is 2. The highest BCUT2D eigenvalue weighted by Gasteiger charge is 2.27. The molecular weight excluding hydrogens is 306 g/mol. The third-order valence-corrected chi connectivity index (χ3v) is 4.81. The summed E-state index contributed by atoms with van der Waals surface area (Å²) in [6.45, 7) is 5.09. The van der Waals surface area contributed by atoms with Crippen LogP contribution in [0.15, 0.2) is 18.3 Å². The number of anilines is 1. The van der Waals surface area contributed by atoms with Gasteiger partial charge in [0.2, 0.25) is 5.91 Å². The van der Waals surface area contributed by atoms with Gasteiger partial charge in [0.25, 0.3) is 0 Å². The van der Waals surface area contributed by atoms with Crippen molar-refractivity contribution >= 4 is 11.7 Å². The molecule has 0 bridgehead atoms. The van der Waals surface area contributed by atoms with Gasteiger partial charge in [-0.15, -0.1) is 5.10 Å². The lowest BCUT2D eigenvalue weighted by Crippen LogP contribution is -2.48. The summed E-state index contributed by atoms with van der Waals surface area (Å²) < 4.78 is 5.53. The van der Waals surface area contributed by atoms with Crippen molar-refractivity contribution in [2.45, 2.75) is 50.8 Å². The standard InChI is InChI=1S/C17H27N5O2/c1-13(17(23)19-12-15-6-4-10-24-15)18-11-14-5-3-9-22(14)16-7-2-8-20-21-16/h2,7-8,13-15,18H,3-6,9-12H2,1H3,(H,19,23)/t13-,14-,15+/m0/s1. The van der Waals surface area contributed by atoms with E-state index in [0.29, 0.717) is 12.6 Å². The number of hydrogen-bond acceptors (Lipinski definition) is 6. The lowest BCUT2D eigenvalue weighted by Gasteiger charge is -2.26. The SMILES string of the molecule is C[C@H](NC[C@@H]1CCCN1c1cccnn1)C(=O)NC[C@H]1CCCO1. The average Bonchev–Trinajstić information content (AvgIpc) is 3.29. The van der Waals surface area contributed by atoms with Crippen LogP contribution in [0.4, 0.5) is 5.82 Å². The Balaban J connectivity index is 1.43. The number of carbonyl (C=O) groups excluding carboxylic acids is 1. The fourth-order valence-electron chi connectivity index (χ4n) is 3.37. The van der Waals surface area contributed by atoms with E-state index < -0.39 is 0 Å². The normalized spacial score (nSPS) is 25.0. The van der Waals surface area contributed by atoms with Crippen LogP contribution in [0.5, 0.6) is 0 Å². The van der Waals surface area contributed by atoms with E-state index in [1.165, 1.54) is 0 Å². The minimum absolute atomic E-state index is 0.0366. The molecule has 2 saturated heterocycles. The molecule has 0 radical (unpaired) electrons. The average molecular weight is 333 g/mol. The molecule has 3 atom stereocenters. The van der Waals surface area contributed by atoms with E-state index in [4.69, 9.17) is 4.74 Å². The van der Waals surface area contributed by atoms with Crippen molar-refractivity contribution in [3.63, 3.8) is 0 Å². The Morgan fingerprint density at radius 3 is 3.08 bits per heavy atom. The van der Waals surface area contributed by atoms with Crippen LogP contribution in [0.1, 0.15) is 32.6 Å². The smallest absolute Gasteiger partial charge is 0.236 e. The zero-order chi connectivity index (χ0) is 16.8. The number of nitrogens with zero attached hydrogens (tertiary/aromatic N) is 3. The summed E-state index contributed by atoms with van der Waals surface area (Å²) in [7, 11) is 0. The summed E-state index contributed by atoms with van der Waals surface area (Å²) in [5.74, 6) is 0.951. The molecule has 1 aromatic rings. The minimum atomic E-state index is -0.212. The Morgan fingerprint density at radius 1 is 1.42 bits per heavy atom. The van der Waals surface area contributed by atoms with Crippen molar-refractivity contribution in [3.05, 3.63) is 18.3 Å². The number of amides is 1. The van der Waals surface area contributed by atoms with Crippen LogP contribution >= 0.6 is 0 Å². The lowest BCUT2D eigenvalue weighted by atomic mass is 10.2. The number of ether oxygens (including phenoxy) is 1. The van der Waals surface area contributed by atoms with Crippen LogP contribution in [0.2, 0.25) is 0 Å². The highest BCUT2D eigenvalue weighted by Crippen LogP contribution is 2.22. The predicted molar refractivity (Wildman–Crippen MR) is 91.8 cm³/mol. The summed E-state index contributed by atoms with van der Waals surface area (Å²) in [6, 6.07) is 4.04. The van der Waals surface area contributed by atoms with Crippen molar-refractivity contribution in [2.24, 2.45) is 0 Å². The maximum atomic E-state index is 12.2. The first kappa shape index (κ1) is 17.1. The summed E-state index contributed by atoms with van der Waals surface area (Å²) in [5, 5.41) is 14.5. The van der Waals surface area contributed by atoms with E-state index in [1.54, 1.807) is 6.20 Å². The van der Waals surface area contributed by atoms with E-state index >= 15 is 0 Å². The fourth-order valence-corrected chi connectivity index (χ4v) is 3.37. The second kappa shape index (κ2) is 8.39. The van der Waals surface area contributed by atoms with Gasteiger partial charge in [-0.1, -0.05) is 0 Å². The van der Waals surface area contributed by atoms with E-state index in [2.05, 4.69) is 25.7 Å². The largest absolute Gasteiger partial charge is 0.376 e. The van der Waals surface area contributed by atoms with Gasteiger partial charge in [0.1, 0.15) is 0 Å². The molecular formula is C17H27N5O2. The summed E-state index contributed by atoms with van der Waals surface area (Å²) in [5.41, 5.74) is 0. The minimum Gasteiger partial charge on any atom is -0.376 e. The van der Waals surface area contributed by atoms with E-state index in [9.17, 15) is 4.79 Å². The van der Waals surface area contributed by atoms with Crippen LogP contribution in [0.25, 0.3) is 0 Å². The molecule has 0 aliphatic carbocycles. The number of aromatic nitrogens is 2. The third-order valence-electron chi connectivity index (χ3n) is 4.81. The Bertz CT molecular complexity index is 521. The molecule has 2 aliphatic heterocycles. The maximum absolute atomic E-state index is 12.2. The van der Waals surface area contributed by atoms with Crippen molar-refractivity contribution in [1.29, 1.82) is 0 Å². The van der Waals surface area contributed by atoms with Gasteiger partial charge in [0.05, 0.1) is 12.1 Å². The van der Waals surface area contributed by atoms with Crippen LogP contribution in [-0.2, 0) is 9.53 Å². The maximum Gasteiger partial charge on any atom is 0.236 e. The van der Waals surface area contributed by atoms with Gasteiger partial charge in [-0.3, -0.25) is 4.79 Å². The molecule has 0 unspecified atom stereocenters. The Hall–Kier alpha value is -1.73. The second-order valence-electron chi connectivity index (χ2n) is 6.58. The Labute approximate surface area is 143 Å². The molecule has 2 N–H and O–H groups in total. The monoisotopic (exact) mass is 333 g/mol. The molecule has 7 nitrogen and oxygen atoms in total. The van der Waals surface area contributed by atoms with Gasteiger partial charge in [-0.05, 0) is 44.7 Å². The first-order valence-electron chi connectivity index (χ1n) is 8.91. The zero-order valence-corrected chi connectivity index (χ0v) is 14.3. The predicted octanol–water partition coefficient (Wildman–Crippen LogP) is 0.719. The molecule has 0 spiro atoms. The number of carbonyl (C=O) groups is 1. The Morgan fingerprint density at radius 2 is 2.33 bits per heavy atom. The molecule has 3 rings (SSSR count). The quantitative estimate of drug-likeness (QED) is 0.765. The van der Waals surface area contributed by atoms with Gasteiger partial charge in [0.15, 0.2) is 5.82 Å². The summed E-state index contributed by atoms with van der Waals surface area (Å²) in [6.07, 6.45) is 6.25. The first-order valence-corrected chi connectivity index (χ1v) is 8.91. The molecule has 1 amide bonds. The van der Waals surface area contributed by atoms with Crippen molar-refractivity contribution in [2.75, 3.05) is 31.1 Å². The highest BCUT2D eigenvalue weighted by atomic mass is 16.5. The molecule has 2 aliphatic rings. The third kappa shape index (κ3) is 4.42. The van der Waals surface area contributed by atoms with Crippen LogP contribution in [-0.4, -0.2) is 60.5 Å². The summed E-state index contributed by atoms with van der Waals surface area (Å²) >= 11 is 0. The fraction of sp³-hybridized carbons (Fsp3) is 0.706. The van der Waals surface area contributed by atoms with Crippen molar-refractivity contribution in [1.82, 2.24) is 20.8 Å². The van der Waals surface area contributed by atoms with E-state index in [-0.39, 0.29) is 18.1 Å². The second-order valence-corrected chi connectivity index (χ2v) is 6.58. The van der Waals surface area contributed by atoms with Crippen LogP contribution in [0.3, 0.4) is 0 Å². The molecule has 0 saturated carbocycles. The van der Waals surface area contributed by atoms with Gasteiger partial charge in [0, 0.05) is 38.5 Å². The molecule has 3 heterocycles. The Kier molecular flexibility index (Phi) is 5.98. The van der Waals surface area contributed by atoms with Crippen molar-refractivity contribution < 1.29 is 9.53 Å².